The molecule has 0 aliphatic heterocycles. The summed E-state index contributed by atoms with van der Waals surface area (Å²) in [5, 5.41) is 6.15. The van der Waals surface area contributed by atoms with Crippen LogP contribution in [-0.4, -0.2) is 19.1 Å². The summed E-state index contributed by atoms with van der Waals surface area (Å²) >= 11 is 3.47. The van der Waals surface area contributed by atoms with E-state index in [-0.39, 0.29) is 24.9 Å². The van der Waals surface area contributed by atoms with Crippen LogP contribution in [0, 0.1) is 0 Å². The molecule has 0 unspecified atom stereocenters. The monoisotopic (exact) mass is 412 g/mol. The topological polar surface area (TPSA) is 50.4 Å². The Morgan fingerprint density at radius 2 is 1.92 bits per heavy atom. The van der Waals surface area contributed by atoms with Gasteiger partial charge in [-0.25, -0.2) is 0 Å². The summed E-state index contributed by atoms with van der Waals surface area (Å²) in [5.74, 6) is 0.548. The van der Waals surface area contributed by atoms with Crippen LogP contribution < -0.4 is 15.4 Å². The zero-order valence-corrected chi connectivity index (χ0v) is 16.0. The largest absolute Gasteiger partial charge is 0.483 e. The van der Waals surface area contributed by atoms with Crippen molar-refractivity contribution in [3.8, 4) is 5.75 Å². The molecule has 1 amide bonds. The van der Waals surface area contributed by atoms with E-state index < -0.39 is 0 Å². The number of anilines is 1. The van der Waals surface area contributed by atoms with Gasteiger partial charge in [-0.3, -0.25) is 4.79 Å². The smallest absolute Gasteiger partial charge is 0.262 e. The minimum atomic E-state index is -0.174. The first-order chi connectivity index (χ1) is 11.2. The van der Waals surface area contributed by atoms with Crippen LogP contribution in [0.1, 0.15) is 18.9 Å². The second-order valence-corrected chi connectivity index (χ2v) is 6.05. The first-order valence-electron chi connectivity index (χ1n) is 7.66. The molecule has 0 saturated heterocycles. The number of amides is 1. The molecule has 0 atom stereocenters. The van der Waals surface area contributed by atoms with E-state index in [2.05, 4.69) is 33.5 Å². The molecule has 2 aromatic carbocycles. The third kappa shape index (κ3) is 6.91. The van der Waals surface area contributed by atoms with Crippen LogP contribution in [0.2, 0.25) is 0 Å². The number of rotatable bonds is 8. The van der Waals surface area contributed by atoms with Gasteiger partial charge in [0.05, 0.1) is 0 Å². The number of hydrogen-bond acceptors (Lipinski definition) is 3. The van der Waals surface area contributed by atoms with Gasteiger partial charge in [0.25, 0.3) is 5.91 Å². The van der Waals surface area contributed by atoms with Gasteiger partial charge in [-0.2, -0.15) is 0 Å². The van der Waals surface area contributed by atoms with Crippen molar-refractivity contribution in [2.45, 2.75) is 19.9 Å². The van der Waals surface area contributed by atoms with Gasteiger partial charge in [0.15, 0.2) is 6.61 Å². The standard InChI is InChI=1S/C18H21BrN2O2.ClH/c1-2-10-20-12-14-11-15(19)8-9-17(14)23-13-18(22)21-16-6-4-3-5-7-16;/h3-9,11,20H,2,10,12-13H2,1H3,(H,21,22);1H. The quantitative estimate of drug-likeness (QED) is 0.631. The molecule has 130 valence electrons. The Hall–Kier alpha value is -1.56. The van der Waals surface area contributed by atoms with Crippen LogP contribution in [0.25, 0.3) is 0 Å². The Morgan fingerprint density at radius 1 is 1.17 bits per heavy atom. The van der Waals surface area contributed by atoms with Gasteiger partial charge in [-0.15, -0.1) is 12.4 Å². The molecule has 2 N–H and O–H groups in total. The highest BCUT2D eigenvalue weighted by molar-refractivity contribution is 9.10. The molecule has 0 aromatic heterocycles. The van der Waals surface area contributed by atoms with Crippen molar-refractivity contribution >= 4 is 39.9 Å². The first kappa shape index (κ1) is 20.5. The number of hydrogen-bond donors (Lipinski definition) is 2. The summed E-state index contributed by atoms with van der Waals surface area (Å²) in [6, 6.07) is 15.1. The summed E-state index contributed by atoms with van der Waals surface area (Å²) in [6.45, 7) is 3.76. The number of nitrogens with one attached hydrogen (secondary N) is 2. The summed E-state index contributed by atoms with van der Waals surface area (Å²) in [5.41, 5.74) is 1.79. The molecule has 6 heteroatoms. The maximum absolute atomic E-state index is 12.0. The number of carbonyl (C=O) groups is 1. The first-order valence-corrected chi connectivity index (χ1v) is 8.45. The van der Waals surface area contributed by atoms with Crippen LogP contribution >= 0.6 is 28.3 Å². The third-order valence-electron chi connectivity index (χ3n) is 3.18. The van der Waals surface area contributed by atoms with Crippen LogP contribution in [0.3, 0.4) is 0 Å². The van der Waals surface area contributed by atoms with Gasteiger partial charge in [-0.1, -0.05) is 41.1 Å². The SMILES string of the molecule is CCCNCc1cc(Br)ccc1OCC(=O)Nc1ccccc1.Cl. The fraction of sp³-hybridized carbons (Fsp3) is 0.278. The number of ether oxygens (including phenoxy) is 1. The molecule has 0 radical (unpaired) electrons. The molecular formula is C18H22BrClN2O2. The fourth-order valence-corrected chi connectivity index (χ4v) is 2.50. The Balaban J connectivity index is 0.00000288. The van der Waals surface area contributed by atoms with Crippen LogP contribution in [0.5, 0.6) is 5.75 Å². The average Bonchev–Trinajstić information content (AvgIpc) is 2.55. The van der Waals surface area contributed by atoms with Crippen molar-refractivity contribution in [2.24, 2.45) is 0 Å². The Kier molecular flexibility index (Phi) is 9.45. The molecule has 0 bridgehead atoms. The molecule has 24 heavy (non-hydrogen) atoms. The van der Waals surface area contributed by atoms with Gasteiger partial charge in [0, 0.05) is 22.3 Å². The molecule has 2 aromatic rings. The van der Waals surface area contributed by atoms with Gasteiger partial charge in [-0.05, 0) is 43.3 Å². The molecule has 0 fully saturated rings. The van der Waals surface area contributed by atoms with E-state index in [0.717, 1.165) is 34.4 Å². The van der Waals surface area contributed by atoms with E-state index in [1.165, 1.54) is 0 Å². The van der Waals surface area contributed by atoms with Gasteiger partial charge in [0.2, 0.25) is 0 Å². The van der Waals surface area contributed by atoms with E-state index in [1.807, 2.05) is 48.5 Å². The van der Waals surface area contributed by atoms with Crippen LogP contribution in [0.4, 0.5) is 5.69 Å². The number of benzene rings is 2. The van der Waals surface area contributed by atoms with Crippen LogP contribution in [0.15, 0.2) is 53.0 Å². The van der Waals surface area contributed by atoms with Crippen molar-refractivity contribution in [1.82, 2.24) is 5.32 Å². The lowest BCUT2D eigenvalue weighted by Gasteiger charge is -2.13. The van der Waals surface area contributed by atoms with E-state index in [0.29, 0.717) is 6.54 Å². The maximum Gasteiger partial charge on any atom is 0.262 e. The van der Waals surface area contributed by atoms with Crippen LogP contribution in [-0.2, 0) is 11.3 Å². The number of halogens is 2. The summed E-state index contributed by atoms with van der Waals surface area (Å²) < 4.78 is 6.68. The van der Waals surface area contributed by atoms with Gasteiger partial charge < -0.3 is 15.4 Å². The minimum Gasteiger partial charge on any atom is -0.483 e. The molecule has 4 nitrogen and oxygen atoms in total. The normalized spacial score (nSPS) is 9.92. The highest BCUT2D eigenvalue weighted by Crippen LogP contribution is 2.23. The number of carbonyl (C=O) groups excluding carboxylic acids is 1. The zero-order chi connectivity index (χ0) is 16.5. The van der Waals surface area contributed by atoms with Gasteiger partial charge >= 0.3 is 0 Å². The fourth-order valence-electron chi connectivity index (χ4n) is 2.09. The van der Waals surface area contributed by atoms with E-state index in [1.54, 1.807) is 0 Å². The lowest BCUT2D eigenvalue weighted by atomic mass is 10.2. The van der Waals surface area contributed by atoms with Crippen molar-refractivity contribution in [1.29, 1.82) is 0 Å². The second kappa shape index (κ2) is 11.1. The van der Waals surface area contributed by atoms with E-state index in [9.17, 15) is 4.79 Å². The predicted octanol–water partition coefficient (Wildman–Crippen LogP) is 4.39. The Labute approximate surface area is 157 Å². The third-order valence-corrected chi connectivity index (χ3v) is 3.67. The molecule has 0 heterocycles. The number of para-hydroxylation sites is 1. The lowest BCUT2D eigenvalue weighted by Crippen LogP contribution is -2.21. The minimum absolute atomic E-state index is 0. The molecular weight excluding hydrogens is 392 g/mol. The van der Waals surface area contributed by atoms with Gasteiger partial charge in [0.1, 0.15) is 5.75 Å². The molecule has 0 aliphatic rings. The summed E-state index contributed by atoms with van der Waals surface area (Å²) in [6.07, 6.45) is 1.07. The zero-order valence-electron chi connectivity index (χ0n) is 13.5. The molecule has 0 spiro atoms. The second-order valence-electron chi connectivity index (χ2n) is 5.13. The van der Waals surface area contributed by atoms with Crippen molar-refractivity contribution < 1.29 is 9.53 Å². The maximum atomic E-state index is 12.0. The Bertz CT molecular complexity index is 638. The van der Waals surface area contributed by atoms with E-state index >= 15 is 0 Å². The average molecular weight is 414 g/mol. The summed E-state index contributed by atoms with van der Waals surface area (Å²) in [7, 11) is 0. The highest BCUT2D eigenvalue weighted by atomic mass is 79.9. The summed E-state index contributed by atoms with van der Waals surface area (Å²) in [4.78, 5) is 12.0. The molecule has 0 saturated carbocycles. The predicted molar refractivity (Wildman–Crippen MR) is 104 cm³/mol. The van der Waals surface area contributed by atoms with Crippen molar-refractivity contribution in [3.05, 3.63) is 58.6 Å². The Morgan fingerprint density at radius 3 is 2.62 bits per heavy atom. The van der Waals surface area contributed by atoms with Crippen molar-refractivity contribution in [3.63, 3.8) is 0 Å². The molecule has 2 rings (SSSR count). The van der Waals surface area contributed by atoms with Crippen molar-refractivity contribution in [2.75, 3.05) is 18.5 Å². The lowest BCUT2D eigenvalue weighted by molar-refractivity contribution is -0.118. The van der Waals surface area contributed by atoms with E-state index in [4.69, 9.17) is 4.74 Å². The molecule has 0 aliphatic carbocycles. The highest BCUT2D eigenvalue weighted by Gasteiger charge is 2.08.